The first-order valence-corrected chi connectivity index (χ1v) is 5.18. The lowest BCUT2D eigenvalue weighted by Gasteiger charge is -1.97. The molecule has 2 aromatic heterocycles. The number of imidazole rings is 1. The summed E-state index contributed by atoms with van der Waals surface area (Å²) in [7, 11) is 0. The van der Waals surface area contributed by atoms with Crippen LogP contribution in [0.5, 0.6) is 0 Å². The lowest BCUT2D eigenvalue weighted by atomic mass is 10.2. The Hall–Kier alpha value is -1.36. The van der Waals surface area contributed by atoms with Crippen LogP contribution in [0.2, 0.25) is 0 Å². The van der Waals surface area contributed by atoms with Crippen LogP contribution in [-0.4, -0.2) is 20.5 Å². The lowest BCUT2D eigenvalue weighted by molar-refractivity contribution is -0.136. The zero-order chi connectivity index (χ0) is 10.1. The van der Waals surface area contributed by atoms with E-state index >= 15 is 0 Å². The summed E-state index contributed by atoms with van der Waals surface area (Å²) in [6.45, 7) is 1.97. The molecule has 0 saturated carbocycles. The van der Waals surface area contributed by atoms with Crippen molar-refractivity contribution < 1.29 is 9.90 Å². The van der Waals surface area contributed by atoms with Crippen LogP contribution in [0.3, 0.4) is 0 Å². The Morgan fingerprint density at radius 1 is 1.71 bits per heavy atom. The fourth-order valence-electron chi connectivity index (χ4n) is 1.43. The van der Waals surface area contributed by atoms with Crippen molar-refractivity contribution >= 4 is 22.3 Å². The Kier molecular flexibility index (Phi) is 2.25. The summed E-state index contributed by atoms with van der Waals surface area (Å²) >= 11 is 1.55. The Labute approximate surface area is 84.8 Å². The van der Waals surface area contributed by atoms with Crippen molar-refractivity contribution in [2.45, 2.75) is 19.8 Å². The van der Waals surface area contributed by atoms with Crippen molar-refractivity contribution in [2.24, 2.45) is 0 Å². The molecule has 2 aromatic rings. The molecule has 14 heavy (non-hydrogen) atoms. The number of carbonyl (C=O) groups is 1. The highest BCUT2D eigenvalue weighted by molar-refractivity contribution is 7.15. The molecule has 0 amide bonds. The molecule has 0 aromatic carbocycles. The largest absolute Gasteiger partial charge is 0.481 e. The standard InChI is InChI=1S/C9H10N2O2S/c1-6-4-10-9-11(6)7(5-14-9)2-3-8(12)13/h4-5H,2-3H2,1H3,(H,12,13). The number of hydrogen-bond donors (Lipinski definition) is 1. The number of aliphatic carboxylic acids is 1. The van der Waals surface area contributed by atoms with Gasteiger partial charge in [-0.05, 0) is 13.3 Å². The van der Waals surface area contributed by atoms with Gasteiger partial charge in [0.2, 0.25) is 0 Å². The molecular weight excluding hydrogens is 200 g/mol. The molecular formula is C9H10N2O2S. The van der Waals surface area contributed by atoms with E-state index in [4.69, 9.17) is 5.11 Å². The van der Waals surface area contributed by atoms with Gasteiger partial charge in [-0.15, -0.1) is 11.3 Å². The number of thiazole rings is 1. The maximum atomic E-state index is 10.4. The van der Waals surface area contributed by atoms with Gasteiger partial charge in [0, 0.05) is 23.0 Å². The monoisotopic (exact) mass is 210 g/mol. The van der Waals surface area contributed by atoms with Gasteiger partial charge >= 0.3 is 5.97 Å². The Balaban J connectivity index is 2.32. The Bertz CT molecular complexity index is 472. The molecule has 0 atom stereocenters. The zero-order valence-corrected chi connectivity index (χ0v) is 8.54. The quantitative estimate of drug-likeness (QED) is 0.839. The van der Waals surface area contributed by atoms with Crippen LogP contribution >= 0.6 is 11.3 Å². The fourth-order valence-corrected chi connectivity index (χ4v) is 2.37. The van der Waals surface area contributed by atoms with E-state index in [1.807, 2.05) is 16.7 Å². The molecule has 2 heterocycles. The minimum Gasteiger partial charge on any atom is -0.481 e. The summed E-state index contributed by atoms with van der Waals surface area (Å²) in [5.41, 5.74) is 2.09. The second-order valence-corrected chi connectivity index (χ2v) is 3.97. The average Bonchev–Trinajstić information content (AvgIpc) is 2.66. The minimum absolute atomic E-state index is 0.170. The molecule has 0 saturated heterocycles. The second kappa shape index (κ2) is 3.42. The van der Waals surface area contributed by atoms with Gasteiger partial charge in [0.25, 0.3) is 0 Å². The average molecular weight is 210 g/mol. The van der Waals surface area contributed by atoms with Crippen LogP contribution < -0.4 is 0 Å². The number of carboxylic acid groups (broad SMARTS) is 1. The third-order valence-electron chi connectivity index (χ3n) is 2.09. The molecule has 4 nitrogen and oxygen atoms in total. The molecule has 0 radical (unpaired) electrons. The van der Waals surface area contributed by atoms with E-state index in [1.54, 1.807) is 17.5 Å². The number of nitrogens with zero attached hydrogens (tertiary/aromatic N) is 2. The summed E-state index contributed by atoms with van der Waals surface area (Å²) < 4.78 is 2.01. The molecule has 0 fully saturated rings. The van der Waals surface area contributed by atoms with Gasteiger partial charge in [-0.3, -0.25) is 9.20 Å². The van der Waals surface area contributed by atoms with Gasteiger partial charge < -0.3 is 5.11 Å². The number of rotatable bonds is 3. The summed E-state index contributed by atoms with van der Waals surface area (Å²) in [6, 6.07) is 0. The topological polar surface area (TPSA) is 54.6 Å². The number of fused-ring (bicyclic) bond motifs is 1. The minimum atomic E-state index is -0.762. The van der Waals surface area contributed by atoms with Crippen molar-refractivity contribution in [3.8, 4) is 0 Å². The van der Waals surface area contributed by atoms with E-state index < -0.39 is 5.97 Å². The molecule has 2 rings (SSSR count). The first kappa shape index (κ1) is 9.21. The molecule has 1 N–H and O–H groups in total. The van der Waals surface area contributed by atoms with Gasteiger partial charge in [0.1, 0.15) is 0 Å². The fraction of sp³-hybridized carbons (Fsp3) is 0.333. The van der Waals surface area contributed by atoms with Crippen molar-refractivity contribution in [3.63, 3.8) is 0 Å². The van der Waals surface area contributed by atoms with E-state index in [9.17, 15) is 4.79 Å². The number of hydrogen-bond acceptors (Lipinski definition) is 3. The van der Waals surface area contributed by atoms with E-state index in [0.717, 1.165) is 16.3 Å². The lowest BCUT2D eigenvalue weighted by Crippen LogP contribution is -2.00. The normalized spacial score (nSPS) is 10.9. The maximum Gasteiger partial charge on any atom is 0.303 e. The second-order valence-electron chi connectivity index (χ2n) is 3.14. The third kappa shape index (κ3) is 1.50. The summed E-state index contributed by atoms with van der Waals surface area (Å²) in [5.74, 6) is -0.762. The van der Waals surface area contributed by atoms with Gasteiger partial charge in [0.05, 0.1) is 6.42 Å². The zero-order valence-electron chi connectivity index (χ0n) is 7.73. The summed E-state index contributed by atoms with van der Waals surface area (Å²) in [6.07, 6.45) is 2.53. The molecule has 0 bridgehead atoms. The van der Waals surface area contributed by atoms with E-state index in [2.05, 4.69) is 4.98 Å². The molecule has 74 valence electrons. The number of aromatic nitrogens is 2. The summed E-state index contributed by atoms with van der Waals surface area (Å²) in [4.78, 5) is 15.6. The van der Waals surface area contributed by atoms with Crippen molar-refractivity contribution in [2.75, 3.05) is 0 Å². The molecule has 0 spiro atoms. The van der Waals surface area contributed by atoms with Crippen molar-refractivity contribution in [3.05, 3.63) is 23.0 Å². The van der Waals surface area contributed by atoms with Crippen LogP contribution in [0, 0.1) is 6.92 Å². The van der Waals surface area contributed by atoms with Crippen LogP contribution in [0.25, 0.3) is 4.96 Å². The van der Waals surface area contributed by atoms with Gasteiger partial charge in [-0.1, -0.05) is 0 Å². The SMILES string of the molecule is Cc1cnc2scc(CCC(=O)O)n12. The smallest absolute Gasteiger partial charge is 0.303 e. The molecule has 0 aliphatic rings. The van der Waals surface area contributed by atoms with Crippen LogP contribution in [-0.2, 0) is 11.2 Å². The highest BCUT2D eigenvalue weighted by Crippen LogP contribution is 2.18. The van der Waals surface area contributed by atoms with Crippen molar-refractivity contribution in [1.82, 2.24) is 9.38 Å². The van der Waals surface area contributed by atoms with Gasteiger partial charge in [0.15, 0.2) is 4.96 Å². The van der Waals surface area contributed by atoms with Crippen LogP contribution in [0.4, 0.5) is 0 Å². The highest BCUT2D eigenvalue weighted by atomic mass is 32.1. The van der Waals surface area contributed by atoms with Crippen LogP contribution in [0.1, 0.15) is 17.8 Å². The number of carboxylic acids is 1. The Morgan fingerprint density at radius 2 is 2.50 bits per heavy atom. The first-order chi connectivity index (χ1) is 6.68. The number of aryl methyl sites for hydroxylation is 2. The molecule has 0 aliphatic heterocycles. The predicted octanol–water partition coefficient (Wildman–Crippen LogP) is 1.72. The van der Waals surface area contributed by atoms with E-state index in [1.165, 1.54) is 0 Å². The van der Waals surface area contributed by atoms with Crippen molar-refractivity contribution in [1.29, 1.82) is 0 Å². The predicted molar refractivity (Wildman–Crippen MR) is 53.8 cm³/mol. The molecule has 0 aliphatic carbocycles. The van der Waals surface area contributed by atoms with E-state index in [-0.39, 0.29) is 6.42 Å². The first-order valence-electron chi connectivity index (χ1n) is 4.30. The van der Waals surface area contributed by atoms with Crippen LogP contribution in [0.15, 0.2) is 11.6 Å². The highest BCUT2D eigenvalue weighted by Gasteiger charge is 2.08. The molecule has 5 heteroatoms. The Morgan fingerprint density at radius 3 is 3.21 bits per heavy atom. The maximum absolute atomic E-state index is 10.4. The molecule has 0 unspecified atom stereocenters. The van der Waals surface area contributed by atoms with Gasteiger partial charge in [-0.25, -0.2) is 4.98 Å². The van der Waals surface area contributed by atoms with Gasteiger partial charge in [-0.2, -0.15) is 0 Å². The third-order valence-corrected chi connectivity index (χ3v) is 2.98. The summed E-state index contributed by atoms with van der Waals surface area (Å²) in [5, 5.41) is 10.6. The van der Waals surface area contributed by atoms with E-state index in [0.29, 0.717) is 6.42 Å².